The molecule has 28 heavy (non-hydrogen) atoms. The van der Waals surface area contributed by atoms with E-state index in [2.05, 4.69) is 16.0 Å². The fourth-order valence-electron chi connectivity index (χ4n) is 2.92. The van der Waals surface area contributed by atoms with Crippen LogP contribution in [0.1, 0.15) is 39.2 Å². The maximum atomic E-state index is 12.2. The molecule has 1 fully saturated rings. The van der Waals surface area contributed by atoms with Crippen LogP contribution in [0, 0.1) is 12.8 Å². The van der Waals surface area contributed by atoms with Crippen LogP contribution in [0.5, 0.6) is 0 Å². The van der Waals surface area contributed by atoms with Gasteiger partial charge in [-0.1, -0.05) is 17.7 Å². The first-order valence-corrected chi connectivity index (χ1v) is 9.85. The highest BCUT2D eigenvalue weighted by Crippen LogP contribution is 2.20. The van der Waals surface area contributed by atoms with Crippen molar-refractivity contribution >= 4 is 35.1 Å². The van der Waals surface area contributed by atoms with E-state index in [1.165, 1.54) is 0 Å². The Balaban J connectivity index is 1.74. The van der Waals surface area contributed by atoms with Crippen molar-refractivity contribution in [3.63, 3.8) is 0 Å². The molecule has 1 aliphatic heterocycles. The largest absolute Gasteiger partial charge is 0.348 e. The quantitative estimate of drug-likeness (QED) is 0.671. The zero-order valence-electron chi connectivity index (χ0n) is 16.9. The molecule has 0 aliphatic carbocycles. The van der Waals surface area contributed by atoms with Crippen molar-refractivity contribution in [2.45, 2.75) is 46.1 Å². The fraction of sp³-hybridized carbons (Fsp3) is 0.550. The lowest BCUT2D eigenvalue weighted by Crippen LogP contribution is -2.51. The van der Waals surface area contributed by atoms with E-state index < -0.39 is 11.8 Å². The zero-order valence-corrected chi connectivity index (χ0v) is 17.7. The number of rotatable bonds is 3. The maximum absolute atomic E-state index is 12.2. The standard InChI is InChI=1S/C20H29ClN4O3/c1-13-5-6-15(11-16(13)21)23-18(27)17(26)22-12-14-7-9-25(10-8-14)19(28)24-20(2,3)4/h5-6,11,14H,7-10,12H2,1-4H3,(H,22,26)(H,23,27)(H,24,28). The number of hydrogen-bond donors (Lipinski definition) is 3. The summed E-state index contributed by atoms with van der Waals surface area (Å²) < 4.78 is 0. The molecule has 0 bridgehead atoms. The number of likely N-dealkylation sites (tertiary alicyclic amines) is 1. The summed E-state index contributed by atoms with van der Waals surface area (Å²) in [5, 5.41) is 8.70. The van der Waals surface area contributed by atoms with Crippen LogP contribution in [0.2, 0.25) is 5.02 Å². The molecule has 0 atom stereocenters. The highest BCUT2D eigenvalue weighted by atomic mass is 35.5. The topological polar surface area (TPSA) is 90.5 Å². The van der Waals surface area contributed by atoms with Gasteiger partial charge in [-0.15, -0.1) is 0 Å². The van der Waals surface area contributed by atoms with Crippen LogP contribution in [-0.4, -0.2) is 47.9 Å². The molecule has 4 amide bonds. The monoisotopic (exact) mass is 408 g/mol. The summed E-state index contributed by atoms with van der Waals surface area (Å²) in [6.45, 7) is 9.38. The Bertz CT molecular complexity index is 737. The Kier molecular flexibility index (Phi) is 7.29. The van der Waals surface area contributed by atoms with E-state index >= 15 is 0 Å². The highest BCUT2D eigenvalue weighted by molar-refractivity contribution is 6.39. The Morgan fingerprint density at radius 2 is 1.79 bits per heavy atom. The number of urea groups is 1. The highest BCUT2D eigenvalue weighted by Gasteiger charge is 2.26. The molecule has 0 aromatic heterocycles. The van der Waals surface area contributed by atoms with Crippen LogP contribution in [0.15, 0.2) is 18.2 Å². The molecule has 1 heterocycles. The Morgan fingerprint density at radius 1 is 1.14 bits per heavy atom. The first kappa shape index (κ1) is 22.0. The summed E-state index contributed by atoms with van der Waals surface area (Å²) in [6, 6.07) is 5.02. The summed E-state index contributed by atoms with van der Waals surface area (Å²) in [7, 11) is 0. The Hall–Kier alpha value is -2.28. The van der Waals surface area contributed by atoms with Gasteiger partial charge in [-0.2, -0.15) is 0 Å². The number of carbonyl (C=O) groups is 3. The number of nitrogens with zero attached hydrogens (tertiary/aromatic N) is 1. The van der Waals surface area contributed by atoms with Gasteiger partial charge in [0.05, 0.1) is 0 Å². The summed E-state index contributed by atoms with van der Waals surface area (Å²) in [4.78, 5) is 38.0. The Labute approximate surface area is 171 Å². The minimum atomic E-state index is -0.720. The molecule has 2 rings (SSSR count). The second-order valence-corrected chi connectivity index (χ2v) is 8.65. The number of piperidine rings is 1. The molecular weight excluding hydrogens is 380 g/mol. The van der Waals surface area contributed by atoms with Crippen LogP contribution < -0.4 is 16.0 Å². The number of hydrogen-bond acceptors (Lipinski definition) is 3. The van der Waals surface area contributed by atoms with Crippen LogP contribution in [0.4, 0.5) is 10.5 Å². The molecule has 0 radical (unpaired) electrons. The van der Waals surface area contributed by atoms with E-state index in [1.807, 2.05) is 27.7 Å². The van der Waals surface area contributed by atoms with Gasteiger partial charge in [-0.3, -0.25) is 9.59 Å². The van der Waals surface area contributed by atoms with Crippen LogP contribution >= 0.6 is 11.6 Å². The molecule has 7 nitrogen and oxygen atoms in total. The van der Waals surface area contributed by atoms with Gasteiger partial charge in [0.1, 0.15) is 0 Å². The minimum Gasteiger partial charge on any atom is -0.348 e. The van der Waals surface area contributed by atoms with E-state index in [0.29, 0.717) is 30.3 Å². The van der Waals surface area contributed by atoms with Crippen molar-refractivity contribution in [1.29, 1.82) is 0 Å². The number of nitrogens with one attached hydrogen (secondary N) is 3. The SMILES string of the molecule is Cc1ccc(NC(=O)C(=O)NCC2CCN(C(=O)NC(C)(C)C)CC2)cc1Cl. The smallest absolute Gasteiger partial charge is 0.317 e. The zero-order chi connectivity index (χ0) is 20.9. The van der Waals surface area contributed by atoms with Gasteiger partial charge < -0.3 is 20.9 Å². The molecule has 1 aromatic rings. The number of anilines is 1. The van der Waals surface area contributed by atoms with E-state index in [-0.39, 0.29) is 17.5 Å². The van der Waals surface area contributed by atoms with Gasteiger partial charge in [-0.25, -0.2) is 4.79 Å². The summed E-state index contributed by atoms with van der Waals surface area (Å²) in [5.74, 6) is -1.16. The molecule has 0 unspecified atom stereocenters. The lowest BCUT2D eigenvalue weighted by atomic mass is 9.97. The van der Waals surface area contributed by atoms with Gasteiger partial charge in [0.25, 0.3) is 0 Å². The van der Waals surface area contributed by atoms with Gasteiger partial charge in [0.15, 0.2) is 0 Å². The average molecular weight is 409 g/mol. The normalized spacial score (nSPS) is 15.1. The maximum Gasteiger partial charge on any atom is 0.317 e. The van der Waals surface area contributed by atoms with E-state index in [9.17, 15) is 14.4 Å². The summed E-state index contributed by atoms with van der Waals surface area (Å²) in [6.07, 6.45) is 1.57. The number of aryl methyl sites for hydroxylation is 1. The van der Waals surface area contributed by atoms with E-state index in [4.69, 9.17) is 11.6 Å². The first-order valence-electron chi connectivity index (χ1n) is 9.47. The van der Waals surface area contributed by atoms with Crippen molar-refractivity contribution in [2.24, 2.45) is 5.92 Å². The Morgan fingerprint density at radius 3 is 2.36 bits per heavy atom. The van der Waals surface area contributed by atoms with Crippen molar-refractivity contribution in [3.05, 3.63) is 28.8 Å². The van der Waals surface area contributed by atoms with Crippen molar-refractivity contribution in [3.8, 4) is 0 Å². The number of carbonyl (C=O) groups excluding carboxylic acids is 3. The van der Waals surface area contributed by atoms with Crippen molar-refractivity contribution in [2.75, 3.05) is 25.0 Å². The van der Waals surface area contributed by atoms with Crippen LogP contribution in [0.25, 0.3) is 0 Å². The summed E-state index contributed by atoms with van der Waals surface area (Å²) in [5.41, 5.74) is 1.11. The van der Waals surface area contributed by atoms with Gasteiger partial charge in [-0.05, 0) is 64.2 Å². The average Bonchev–Trinajstić information content (AvgIpc) is 2.61. The molecule has 3 N–H and O–H groups in total. The lowest BCUT2D eigenvalue weighted by molar-refractivity contribution is -0.136. The minimum absolute atomic E-state index is 0.0638. The van der Waals surface area contributed by atoms with Crippen molar-refractivity contribution in [1.82, 2.24) is 15.5 Å². The van der Waals surface area contributed by atoms with Crippen LogP contribution in [-0.2, 0) is 9.59 Å². The molecular formula is C20H29ClN4O3. The molecule has 154 valence electrons. The first-order chi connectivity index (χ1) is 13.0. The molecule has 1 saturated heterocycles. The third-order valence-corrected chi connectivity index (χ3v) is 4.98. The number of amides is 4. The van der Waals surface area contributed by atoms with Gasteiger partial charge in [0, 0.05) is 35.9 Å². The van der Waals surface area contributed by atoms with Crippen molar-refractivity contribution < 1.29 is 14.4 Å². The predicted octanol–water partition coefficient (Wildman–Crippen LogP) is 2.92. The fourth-order valence-corrected chi connectivity index (χ4v) is 3.10. The van der Waals surface area contributed by atoms with Crippen LogP contribution in [0.3, 0.4) is 0 Å². The second-order valence-electron chi connectivity index (χ2n) is 8.24. The molecule has 1 aromatic carbocycles. The third-order valence-electron chi connectivity index (χ3n) is 4.57. The molecule has 0 saturated carbocycles. The molecule has 8 heteroatoms. The van der Waals surface area contributed by atoms with Gasteiger partial charge in [0.2, 0.25) is 0 Å². The lowest BCUT2D eigenvalue weighted by Gasteiger charge is -2.34. The molecule has 1 aliphatic rings. The van der Waals surface area contributed by atoms with E-state index in [1.54, 1.807) is 23.1 Å². The molecule has 0 spiro atoms. The predicted molar refractivity (Wildman–Crippen MR) is 110 cm³/mol. The third kappa shape index (κ3) is 6.71. The number of benzene rings is 1. The van der Waals surface area contributed by atoms with E-state index in [0.717, 1.165) is 18.4 Å². The van der Waals surface area contributed by atoms with Gasteiger partial charge >= 0.3 is 17.8 Å². The summed E-state index contributed by atoms with van der Waals surface area (Å²) >= 11 is 6.02. The second kappa shape index (κ2) is 9.28. The number of halogens is 1.